The predicted octanol–water partition coefficient (Wildman–Crippen LogP) is 4.08. The standard InChI is InChI=1S/C25H26N4O4S2/c1-20(21-10-12-23(13-11-21)27-34(30,31)24-8-4-2-5-9-24)26-22-14-16-25(17-15-22)35(32,33)28-29-18-6-3-7-19-29/h2-6,8-17,27-28H,7,18-19H2,1H3. The van der Waals surface area contributed by atoms with Crippen molar-refractivity contribution in [3.63, 3.8) is 0 Å². The molecule has 0 fully saturated rings. The normalized spacial score (nSPS) is 15.2. The molecular weight excluding hydrogens is 484 g/mol. The molecule has 1 aliphatic heterocycles. The fraction of sp³-hybridized carbons (Fsp3) is 0.160. The zero-order valence-corrected chi connectivity index (χ0v) is 20.8. The topological polar surface area (TPSA) is 108 Å². The Labute approximate surface area is 206 Å². The van der Waals surface area contributed by atoms with Gasteiger partial charge in [-0.1, -0.05) is 42.5 Å². The van der Waals surface area contributed by atoms with Gasteiger partial charge in [0.05, 0.1) is 15.5 Å². The van der Waals surface area contributed by atoms with Gasteiger partial charge in [-0.2, -0.15) is 0 Å². The van der Waals surface area contributed by atoms with E-state index in [2.05, 4.69) is 14.5 Å². The Hall–Kier alpha value is -3.31. The maximum atomic E-state index is 12.6. The lowest BCUT2D eigenvalue weighted by atomic mass is 10.1. The summed E-state index contributed by atoms with van der Waals surface area (Å²) in [5, 5.41) is 1.66. The molecule has 3 aromatic carbocycles. The van der Waals surface area contributed by atoms with Gasteiger partial charge in [0.15, 0.2) is 0 Å². The van der Waals surface area contributed by atoms with Crippen LogP contribution in [0.25, 0.3) is 0 Å². The number of hydrazine groups is 1. The highest BCUT2D eigenvalue weighted by molar-refractivity contribution is 7.92. The van der Waals surface area contributed by atoms with Crippen LogP contribution in [0.1, 0.15) is 18.9 Å². The number of nitrogens with zero attached hydrogens (tertiary/aromatic N) is 2. The maximum Gasteiger partial charge on any atom is 0.261 e. The van der Waals surface area contributed by atoms with Gasteiger partial charge < -0.3 is 0 Å². The average Bonchev–Trinajstić information content (AvgIpc) is 2.85. The van der Waals surface area contributed by atoms with E-state index in [-0.39, 0.29) is 9.79 Å². The monoisotopic (exact) mass is 510 g/mol. The molecule has 0 bridgehead atoms. The van der Waals surface area contributed by atoms with Crippen molar-refractivity contribution < 1.29 is 16.8 Å². The highest BCUT2D eigenvalue weighted by atomic mass is 32.2. The van der Waals surface area contributed by atoms with Crippen LogP contribution in [-0.2, 0) is 20.0 Å². The summed E-state index contributed by atoms with van der Waals surface area (Å²) in [7, 11) is -7.32. The second-order valence-electron chi connectivity index (χ2n) is 7.99. The number of rotatable bonds is 8. The van der Waals surface area contributed by atoms with E-state index in [1.165, 1.54) is 24.3 Å². The zero-order chi connectivity index (χ0) is 24.9. The Morgan fingerprint density at radius 3 is 2.09 bits per heavy atom. The third kappa shape index (κ3) is 6.43. The molecule has 1 aliphatic rings. The minimum Gasteiger partial charge on any atom is -0.280 e. The summed E-state index contributed by atoms with van der Waals surface area (Å²) in [6, 6.07) is 21.4. The lowest BCUT2D eigenvalue weighted by Gasteiger charge is -2.23. The van der Waals surface area contributed by atoms with Crippen LogP contribution in [0.5, 0.6) is 0 Å². The second kappa shape index (κ2) is 10.5. The number of hydrogen-bond acceptors (Lipinski definition) is 6. The number of sulfonamides is 2. The van der Waals surface area contributed by atoms with E-state index < -0.39 is 20.0 Å². The van der Waals surface area contributed by atoms with Gasteiger partial charge in [0.25, 0.3) is 20.0 Å². The van der Waals surface area contributed by atoms with Crippen LogP contribution < -0.4 is 9.55 Å². The van der Waals surface area contributed by atoms with Gasteiger partial charge in [-0.05, 0) is 67.4 Å². The molecule has 182 valence electrons. The van der Waals surface area contributed by atoms with Crippen LogP contribution in [0.3, 0.4) is 0 Å². The number of anilines is 1. The molecule has 0 saturated carbocycles. The maximum absolute atomic E-state index is 12.6. The first kappa shape index (κ1) is 24.8. The van der Waals surface area contributed by atoms with Crippen molar-refractivity contribution >= 4 is 37.1 Å². The van der Waals surface area contributed by atoms with E-state index >= 15 is 0 Å². The summed E-state index contributed by atoms with van der Waals surface area (Å²) in [6.45, 7) is 3.00. The Morgan fingerprint density at radius 2 is 1.46 bits per heavy atom. The molecule has 8 nitrogen and oxygen atoms in total. The van der Waals surface area contributed by atoms with Crippen molar-refractivity contribution in [1.82, 2.24) is 9.84 Å². The van der Waals surface area contributed by atoms with Crippen LogP contribution in [0, 0.1) is 0 Å². The number of benzene rings is 3. The summed E-state index contributed by atoms with van der Waals surface area (Å²) >= 11 is 0. The van der Waals surface area contributed by atoms with Crippen molar-refractivity contribution in [1.29, 1.82) is 0 Å². The molecule has 3 aromatic rings. The third-order valence-electron chi connectivity index (χ3n) is 5.36. The molecule has 10 heteroatoms. The van der Waals surface area contributed by atoms with Gasteiger partial charge in [0.1, 0.15) is 0 Å². The lowest BCUT2D eigenvalue weighted by molar-refractivity contribution is 0.263. The van der Waals surface area contributed by atoms with Gasteiger partial charge in [0.2, 0.25) is 0 Å². The molecule has 35 heavy (non-hydrogen) atoms. The highest BCUT2D eigenvalue weighted by Gasteiger charge is 2.18. The van der Waals surface area contributed by atoms with Crippen molar-refractivity contribution in [2.24, 2.45) is 4.99 Å². The third-order valence-corrected chi connectivity index (χ3v) is 8.15. The number of hydrogen-bond donors (Lipinski definition) is 2. The quantitative estimate of drug-likeness (QED) is 0.351. The summed E-state index contributed by atoms with van der Waals surface area (Å²) in [5.41, 5.74) is 2.56. The van der Waals surface area contributed by atoms with Crippen LogP contribution in [0.2, 0.25) is 0 Å². The summed E-state index contributed by atoms with van der Waals surface area (Å²) < 4.78 is 52.8. The largest absolute Gasteiger partial charge is 0.280 e. The molecule has 0 spiro atoms. The molecule has 0 amide bonds. The summed E-state index contributed by atoms with van der Waals surface area (Å²) in [4.78, 5) is 7.52. The predicted molar refractivity (Wildman–Crippen MR) is 138 cm³/mol. The van der Waals surface area contributed by atoms with Gasteiger partial charge in [-0.15, -0.1) is 4.83 Å². The van der Waals surface area contributed by atoms with Gasteiger partial charge >= 0.3 is 0 Å². The summed E-state index contributed by atoms with van der Waals surface area (Å²) in [6.07, 6.45) is 4.75. The van der Waals surface area contributed by atoms with Crippen molar-refractivity contribution in [3.05, 3.63) is 96.6 Å². The molecule has 4 rings (SSSR count). The Kier molecular flexibility index (Phi) is 7.46. The first-order valence-corrected chi connectivity index (χ1v) is 14.0. The molecule has 2 N–H and O–H groups in total. The molecule has 0 aromatic heterocycles. The molecule has 0 atom stereocenters. The van der Waals surface area contributed by atoms with Crippen LogP contribution in [-0.4, -0.2) is 40.6 Å². The molecule has 1 heterocycles. The average molecular weight is 511 g/mol. The highest BCUT2D eigenvalue weighted by Crippen LogP contribution is 2.20. The van der Waals surface area contributed by atoms with E-state index in [0.717, 1.165) is 12.0 Å². The minimum absolute atomic E-state index is 0.165. The molecule has 0 unspecified atom stereocenters. The van der Waals surface area contributed by atoms with Gasteiger partial charge in [-0.3, -0.25) is 9.71 Å². The zero-order valence-electron chi connectivity index (χ0n) is 19.1. The van der Waals surface area contributed by atoms with Crippen molar-refractivity contribution in [2.75, 3.05) is 17.8 Å². The van der Waals surface area contributed by atoms with Crippen LogP contribution in [0.4, 0.5) is 11.4 Å². The Balaban J connectivity index is 1.43. The van der Waals surface area contributed by atoms with E-state index in [0.29, 0.717) is 30.2 Å². The van der Waals surface area contributed by atoms with Gasteiger partial charge in [0, 0.05) is 24.5 Å². The summed E-state index contributed by atoms with van der Waals surface area (Å²) in [5.74, 6) is 0. The minimum atomic E-state index is -3.66. The Morgan fingerprint density at radius 1 is 0.800 bits per heavy atom. The SMILES string of the molecule is CC(=Nc1ccc(S(=O)(=O)NN2CC=CCC2)cc1)c1ccc(NS(=O)(=O)c2ccccc2)cc1. The van der Waals surface area contributed by atoms with E-state index in [4.69, 9.17) is 0 Å². The van der Waals surface area contributed by atoms with Crippen molar-refractivity contribution in [3.8, 4) is 0 Å². The molecular formula is C25H26N4O4S2. The first-order valence-electron chi connectivity index (χ1n) is 11.0. The molecule has 0 saturated heterocycles. The molecule has 0 radical (unpaired) electrons. The molecule has 0 aliphatic carbocycles. The van der Waals surface area contributed by atoms with Crippen LogP contribution in [0.15, 0.2) is 106 Å². The Bertz CT molecular complexity index is 1430. The second-order valence-corrected chi connectivity index (χ2v) is 11.3. The lowest BCUT2D eigenvalue weighted by Crippen LogP contribution is -2.43. The van der Waals surface area contributed by atoms with E-state index in [9.17, 15) is 16.8 Å². The van der Waals surface area contributed by atoms with Crippen molar-refractivity contribution in [2.45, 2.75) is 23.1 Å². The smallest absolute Gasteiger partial charge is 0.261 e. The number of nitrogens with one attached hydrogen (secondary N) is 2. The van der Waals surface area contributed by atoms with Crippen LogP contribution >= 0.6 is 0 Å². The fourth-order valence-corrected chi connectivity index (χ4v) is 5.68. The van der Waals surface area contributed by atoms with E-state index in [1.807, 2.05) is 19.1 Å². The first-order chi connectivity index (χ1) is 16.7. The fourth-order valence-electron chi connectivity index (χ4n) is 3.50. The van der Waals surface area contributed by atoms with E-state index in [1.54, 1.807) is 59.6 Å². The number of aliphatic imine (C=N–C) groups is 1. The van der Waals surface area contributed by atoms with Gasteiger partial charge in [-0.25, -0.2) is 21.8 Å².